The Hall–Kier alpha value is -2.51. The van der Waals surface area contributed by atoms with E-state index in [0.29, 0.717) is 11.4 Å². The van der Waals surface area contributed by atoms with Crippen molar-refractivity contribution in [1.29, 1.82) is 0 Å². The lowest BCUT2D eigenvalue weighted by atomic mass is 9.93. The molecule has 29 heavy (non-hydrogen) atoms. The Morgan fingerprint density at radius 2 is 1.90 bits per heavy atom. The Morgan fingerprint density at radius 3 is 2.41 bits per heavy atom. The first-order valence-electron chi connectivity index (χ1n) is 10.1. The number of rotatable bonds is 4. The Morgan fingerprint density at radius 1 is 1.24 bits per heavy atom. The SMILES string of the molecule is C[C@H](Nc1nnco1)C(=O)N1CCC2(CC1)CC2.FC1(F)CC1c1ccccc1.[HH]. The maximum Gasteiger partial charge on any atom is 0.315 e. The fourth-order valence-electron chi connectivity index (χ4n) is 3.90. The summed E-state index contributed by atoms with van der Waals surface area (Å²) in [7, 11) is 0. The minimum Gasteiger partial charge on any atom is -0.411 e. The van der Waals surface area contributed by atoms with Crippen LogP contribution in [0.5, 0.6) is 0 Å². The molecule has 3 fully saturated rings. The van der Waals surface area contributed by atoms with Crippen molar-refractivity contribution in [1.82, 2.24) is 15.1 Å². The van der Waals surface area contributed by atoms with Crippen molar-refractivity contribution in [3.05, 3.63) is 42.3 Å². The summed E-state index contributed by atoms with van der Waals surface area (Å²) in [6, 6.07) is 8.92. The van der Waals surface area contributed by atoms with E-state index in [2.05, 4.69) is 15.5 Å². The molecule has 2 heterocycles. The number of anilines is 1. The lowest BCUT2D eigenvalue weighted by Crippen LogP contribution is -2.45. The van der Waals surface area contributed by atoms with Crippen LogP contribution in [0.1, 0.15) is 51.9 Å². The van der Waals surface area contributed by atoms with Gasteiger partial charge in [-0.15, -0.1) is 5.10 Å². The third-order valence-electron chi connectivity index (χ3n) is 6.19. The molecule has 8 heteroatoms. The van der Waals surface area contributed by atoms with Gasteiger partial charge in [0, 0.05) is 20.9 Å². The molecule has 1 aromatic heterocycles. The minimum atomic E-state index is -2.43. The zero-order valence-corrected chi connectivity index (χ0v) is 16.5. The van der Waals surface area contributed by atoms with Crippen LogP contribution < -0.4 is 5.32 Å². The van der Waals surface area contributed by atoms with Crippen LogP contribution >= 0.6 is 0 Å². The van der Waals surface area contributed by atoms with Crippen molar-refractivity contribution in [2.24, 2.45) is 5.41 Å². The maximum absolute atomic E-state index is 12.5. The second kappa shape index (κ2) is 7.72. The van der Waals surface area contributed by atoms with Gasteiger partial charge in [0.1, 0.15) is 6.04 Å². The molecule has 3 aliphatic rings. The molecular weight excluding hydrogens is 378 g/mol. The van der Waals surface area contributed by atoms with Gasteiger partial charge in [0.2, 0.25) is 12.3 Å². The van der Waals surface area contributed by atoms with E-state index in [1.165, 1.54) is 19.2 Å². The Bertz CT molecular complexity index is 821. The predicted molar refractivity (Wildman–Crippen MR) is 106 cm³/mol. The van der Waals surface area contributed by atoms with E-state index in [1.807, 2.05) is 17.9 Å². The van der Waals surface area contributed by atoms with E-state index in [-0.39, 0.29) is 19.8 Å². The van der Waals surface area contributed by atoms with Gasteiger partial charge in [-0.05, 0) is 43.6 Å². The molecule has 0 bridgehead atoms. The number of carbonyl (C=O) groups excluding carboxylic acids is 1. The maximum atomic E-state index is 12.5. The number of hydrogen-bond acceptors (Lipinski definition) is 5. The highest BCUT2D eigenvalue weighted by Crippen LogP contribution is 2.55. The zero-order chi connectivity index (χ0) is 20.5. The summed E-state index contributed by atoms with van der Waals surface area (Å²) >= 11 is 0. The van der Waals surface area contributed by atoms with Gasteiger partial charge in [-0.3, -0.25) is 4.79 Å². The van der Waals surface area contributed by atoms with Crippen LogP contribution in [0.3, 0.4) is 0 Å². The molecule has 1 aromatic carbocycles. The lowest BCUT2D eigenvalue weighted by molar-refractivity contribution is -0.133. The summed E-state index contributed by atoms with van der Waals surface area (Å²) in [5.74, 6) is -2.83. The highest BCUT2D eigenvalue weighted by Gasteiger charge is 2.57. The van der Waals surface area contributed by atoms with Crippen molar-refractivity contribution in [2.75, 3.05) is 18.4 Å². The summed E-state index contributed by atoms with van der Waals surface area (Å²) in [5, 5.41) is 10.2. The molecule has 158 valence electrons. The number of alkyl halides is 2. The van der Waals surface area contributed by atoms with Crippen LogP contribution in [0, 0.1) is 5.41 Å². The van der Waals surface area contributed by atoms with Crippen LogP contribution in [0.25, 0.3) is 0 Å². The average molecular weight is 406 g/mol. The van der Waals surface area contributed by atoms with Crippen LogP contribution in [0.4, 0.5) is 14.8 Å². The molecule has 2 saturated carbocycles. The summed E-state index contributed by atoms with van der Waals surface area (Å²) in [6.45, 7) is 3.59. The van der Waals surface area contributed by atoms with Crippen LogP contribution in [0.15, 0.2) is 41.1 Å². The van der Waals surface area contributed by atoms with Crippen LogP contribution in [-0.4, -0.2) is 46.1 Å². The zero-order valence-electron chi connectivity index (χ0n) is 16.5. The molecule has 1 saturated heterocycles. The number of nitrogens with zero attached hydrogens (tertiary/aromatic N) is 3. The average Bonchev–Trinajstić information content (AvgIpc) is 3.55. The van der Waals surface area contributed by atoms with Gasteiger partial charge in [-0.1, -0.05) is 35.4 Å². The van der Waals surface area contributed by atoms with Gasteiger partial charge >= 0.3 is 6.01 Å². The van der Waals surface area contributed by atoms with Gasteiger partial charge < -0.3 is 14.6 Å². The number of nitrogens with one attached hydrogen (secondary N) is 1. The summed E-state index contributed by atoms with van der Waals surface area (Å²) < 4.78 is 29.9. The number of hydrogen-bond donors (Lipinski definition) is 1. The second-order valence-electron chi connectivity index (χ2n) is 8.36. The van der Waals surface area contributed by atoms with Gasteiger partial charge in [0.05, 0.1) is 5.92 Å². The lowest BCUT2D eigenvalue weighted by Gasteiger charge is -2.33. The number of piperidine rings is 1. The number of amides is 1. The predicted octanol–water partition coefficient (Wildman–Crippen LogP) is 4.33. The fraction of sp³-hybridized carbons (Fsp3) is 0.571. The van der Waals surface area contributed by atoms with Crippen LogP contribution in [-0.2, 0) is 4.79 Å². The number of carbonyl (C=O) groups is 1. The first kappa shape index (κ1) is 19.8. The summed E-state index contributed by atoms with van der Waals surface area (Å²) in [6.07, 6.45) is 6.29. The Labute approximate surface area is 170 Å². The number of likely N-dealkylation sites (tertiary alicyclic amines) is 1. The van der Waals surface area contributed by atoms with Crippen molar-refractivity contribution in [3.8, 4) is 0 Å². The second-order valence-corrected chi connectivity index (χ2v) is 8.36. The van der Waals surface area contributed by atoms with Gasteiger partial charge in [0.25, 0.3) is 5.92 Å². The minimum absolute atomic E-state index is 0. The molecule has 6 nitrogen and oxygen atoms in total. The molecule has 1 spiro atoms. The van der Waals surface area contributed by atoms with Crippen molar-refractivity contribution in [2.45, 2.75) is 56.9 Å². The summed E-state index contributed by atoms with van der Waals surface area (Å²) in [4.78, 5) is 14.2. The van der Waals surface area contributed by atoms with E-state index in [9.17, 15) is 13.6 Å². The van der Waals surface area contributed by atoms with Crippen molar-refractivity contribution in [3.63, 3.8) is 0 Å². The Balaban J connectivity index is 0.000000184. The molecule has 2 atom stereocenters. The summed E-state index contributed by atoms with van der Waals surface area (Å²) in [5.41, 5.74) is 1.36. The molecule has 5 rings (SSSR count). The molecule has 0 radical (unpaired) electrons. The first-order valence-corrected chi connectivity index (χ1v) is 10.1. The van der Waals surface area contributed by atoms with E-state index in [4.69, 9.17) is 4.42 Å². The smallest absolute Gasteiger partial charge is 0.315 e. The number of halogens is 2. The van der Waals surface area contributed by atoms with E-state index < -0.39 is 11.8 Å². The molecule has 1 aliphatic heterocycles. The number of aromatic nitrogens is 2. The largest absolute Gasteiger partial charge is 0.411 e. The van der Waals surface area contributed by atoms with Gasteiger partial charge in [0.15, 0.2) is 0 Å². The monoisotopic (exact) mass is 406 g/mol. The van der Waals surface area contributed by atoms with E-state index in [0.717, 1.165) is 31.5 Å². The van der Waals surface area contributed by atoms with Crippen molar-refractivity contribution >= 4 is 11.9 Å². The van der Waals surface area contributed by atoms with E-state index in [1.54, 1.807) is 24.3 Å². The first-order chi connectivity index (χ1) is 13.9. The van der Waals surface area contributed by atoms with E-state index >= 15 is 0 Å². The number of benzene rings is 1. The third kappa shape index (κ3) is 4.74. The molecule has 2 aromatic rings. The molecule has 1 unspecified atom stereocenters. The fourth-order valence-corrected chi connectivity index (χ4v) is 3.90. The van der Waals surface area contributed by atoms with Crippen LogP contribution in [0.2, 0.25) is 0 Å². The molecule has 1 N–H and O–H groups in total. The Kier molecular flexibility index (Phi) is 5.27. The highest BCUT2D eigenvalue weighted by atomic mass is 19.3. The third-order valence-corrected chi connectivity index (χ3v) is 6.19. The normalized spacial score (nSPS) is 24.2. The van der Waals surface area contributed by atoms with Gasteiger partial charge in [-0.25, -0.2) is 8.78 Å². The quantitative estimate of drug-likeness (QED) is 0.818. The standard InChI is InChI=1S/C12H18N4O2.C9H8F2.H2/c1-9(14-11-15-13-8-18-11)10(17)16-6-4-12(2-3-12)5-7-16;10-9(11)6-8(9)7-4-2-1-3-5-7;/h8-9H,2-7H2,1H3,(H,14,15);1-5,8H,6H2;1H/t9-;;/m0../s1. The molecule has 1 amide bonds. The molecule has 2 aliphatic carbocycles. The topological polar surface area (TPSA) is 71.3 Å². The highest BCUT2D eigenvalue weighted by molar-refractivity contribution is 5.83. The van der Waals surface area contributed by atoms with Gasteiger partial charge in [-0.2, -0.15) is 0 Å². The molecular formula is C21H28F2N4O2. The van der Waals surface area contributed by atoms with Crippen molar-refractivity contribution < 1.29 is 19.4 Å².